The maximum Gasteiger partial charge on any atom is 0.0647 e. The highest BCUT2D eigenvalue weighted by molar-refractivity contribution is 14.2. The second kappa shape index (κ2) is 20.0. The second-order valence-corrected chi connectivity index (χ2v) is 12.0. The molecule has 0 aromatic heterocycles. The largest absolute Gasteiger partial charge is 0.309 e. The minimum atomic E-state index is 0.508. The van der Waals surface area contributed by atoms with E-state index in [0.29, 0.717) is 5.41 Å². The molecule has 0 aromatic rings. The molecule has 3 aliphatic carbocycles. The van der Waals surface area contributed by atoms with Crippen LogP contribution in [0.15, 0.2) is 47.6 Å². The molecule has 204 valence electrons. The lowest BCUT2D eigenvalue weighted by Crippen LogP contribution is -2.35. The third-order valence-electron chi connectivity index (χ3n) is 7.91. The van der Waals surface area contributed by atoms with Crippen LogP contribution >= 0.6 is 30.4 Å². The molecule has 1 nitrogen and oxygen atoms in total. The van der Waals surface area contributed by atoms with Crippen LogP contribution in [0.1, 0.15) is 120 Å². The van der Waals surface area contributed by atoms with Crippen molar-refractivity contribution in [3.63, 3.8) is 0 Å². The molecule has 0 spiro atoms. The molecular formula is C32H57IOS. The third kappa shape index (κ3) is 11.5. The van der Waals surface area contributed by atoms with Crippen LogP contribution < -0.4 is 0 Å². The molecule has 0 N–H and O–H groups in total. The Bertz CT molecular complexity index is 660. The number of allylic oxidation sites excluding steroid dienone is 7. The second-order valence-electron chi connectivity index (χ2n) is 10.5. The predicted octanol–water partition coefficient (Wildman–Crippen LogP) is 12.1. The Kier molecular flexibility index (Phi) is 20.0. The van der Waals surface area contributed by atoms with Crippen LogP contribution in [0.3, 0.4) is 0 Å². The zero-order valence-corrected chi connectivity index (χ0v) is 27.6. The van der Waals surface area contributed by atoms with Crippen LogP contribution in [0, 0.1) is 29.1 Å². The van der Waals surface area contributed by atoms with Crippen LogP contribution in [-0.2, 0) is 4.18 Å². The van der Waals surface area contributed by atoms with Crippen molar-refractivity contribution >= 4 is 30.4 Å². The van der Waals surface area contributed by atoms with E-state index in [4.69, 9.17) is 0 Å². The summed E-state index contributed by atoms with van der Waals surface area (Å²) in [6.07, 6.45) is 23.2. The Morgan fingerprint density at radius 1 is 1.03 bits per heavy atom. The molecular weight excluding hydrogens is 559 g/mol. The molecule has 3 fully saturated rings. The lowest BCUT2D eigenvalue weighted by atomic mass is 9.61. The van der Waals surface area contributed by atoms with E-state index >= 15 is 0 Å². The quantitative estimate of drug-likeness (QED) is 0.167. The van der Waals surface area contributed by atoms with Crippen molar-refractivity contribution < 1.29 is 4.18 Å². The van der Waals surface area contributed by atoms with Gasteiger partial charge in [-0.1, -0.05) is 97.4 Å². The molecule has 0 saturated heterocycles. The van der Waals surface area contributed by atoms with E-state index in [1.54, 1.807) is 12.7 Å². The van der Waals surface area contributed by atoms with Gasteiger partial charge in [-0.3, -0.25) is 0 Å². The smallest absolute Gasteiger partial charge is 0.0647 e. The van der Waals surface area contributed by atoms with Gasteiger partial charge in [-0.15, -0.1) is 0 Å². The lowest BCUT2D eigenvalue weighted by Gasteiger charge is -2.44. The first-order valence-electron chi connectivity index (χ1n) is 14.4. The lowest BCUT2D eigenvalue weighted by molar-refractivity contribution is 0.112. The van der Waals surface area contributed by atoms with Gasteiger partial charge in [0.2, 0.25) is 0 Å². The molecule has 3 heteroatoms. The molecule has 0 amide bonds. The molecule has 0 heterocycles. The van der Waals surface area contributed by atoms with Crippen LogP contribution in [0.4, 0.5) is 0 Å². The van der Waals surface area contributed by atoms with Gasteiger partial charge in [0.1, 0.15) is 0 Å². The number of hydrogen-bond donors (Lipinski definition) is 0. The van der Waals surface area contributed by atoms with E-state index in [1.807, 2.05) is 48.9 Å². The Balaban J connectivity index is 0.00000129. The van der Waals surface area contributed by atoms with Crippen molar-refractivity contribution in [1.29, 1.82) is 0 Å². The molecule has 3 saturated carbocycles. The first-order chi connectivity index (χ1) is 16.8. The summed E-state index contributed by atoms with van der Waals surface area (Å²) in [7, 11) is 2.96. The van der Waals surface area contributed by atoms with Crippen molar-refractivity contribution in [3.05, 3.63) is 47.6 Å². The minimum absolute atomic E-state index is 0.508. The summed E-state index contributed by atoms with van der Waals surface area (Å²) in [5, 5.41) is 0. The number of rotatable bonds is 6. The maximum absolute atomic E-state index is 4.44. The van der Waals surface area contributed by atoms with Crippen LogP contribution in [0.25, 0.3) is 0 Å². The molecule has 35 heavy (non-hydrogen) atoms. The SMILES string of the molecule is C=C1CCCC/C1=C/C=C1\CCC[C@@]2(C)C1CCC2C(C)/C=C/CC(C)C.CC.CC.COSI. The summed E-state index contributed by atoms with van der Waals surface area (Å²) in [6, 6.07) is 0. The highest BCUT2D eigenvalue weighted by atomic mass is 127. The van der Waals surface area contributed by atoms with E-state index in [1.165, 1.54) is 84.6 Å². The Morgan fingerprint density at radius 2 is 1.66 bits per heavy atom. The highest BCUT2D eigenvalue weighted by Crippen LogP contribution is 2.59. The number of halogens is 1. The summed E-state index contributed by atoms with van der Waals surface area (Å²) in [4.78, 5) is 0. The maximum atomic E-state index is 4.44. The first kappa shape index (κ1) is 35.0. The summed E-state index contributed by atoms with van der Waals surface area (Å²) in [6.45, 7) is 22.0. The van der Waals surface area contributed by atoms with Gasteiger partial charge in [-0.05, 0) is 98.9 Å². The monoisotopic (exact) mass is 616 g/mol. The highest BCUT2D eigenvalue weighted by Gasteiger charge is 2.50. The molecule has 0 aliphatic heterocycles. The van der Waals surface area contributed by atoms with Crippen LogP contribution in [0.2, 0.25) is 0 Å². The zero-order chi connectivity index (χ0) is 26.9. The summed E-state index contributed by atoms with van der Waals surface area (Å²) in [5.74, 6) is 3.15. The van der Waals surface area contributed by atoms with Gasteiger partial charge in [0.15, 0.2) is 0 Å². The molecule has 3 rings (SSSR count). The van der Waals surface area contributed by atoms with Crippen molar-refractivity contribution in [3.8, 4) is 0 Å². The van der Waals surface area contributed by atoms with Crippen molar-refractivity contribution in [2.45, 2.75) is 120 Å². The van der Waals surface area contributed by atoms with Gasteiger partial charge in [0.25, 0.3) is 0 Å². The molecule has 0 bridgehead atoms. The van der Waals surface area contributed by atoms with E-state index < -0.39 is 0 Å². The van der Waals surface area contributed by atoms with Gasteiger partial charge < -0.3 is 4.18 Å². The topological polar surface area (TPSA) is 9.23 Å². The van der Waals surface area contributed by atoms with Crippen molar-refractivity contribution in [2.75, 3.05) is 7.11 Å². The summed E-state index contributed by atoms with van der Waals surface area (Å²) in [5.41, 5.74) is 5.18. The Morgan fingerprint density at radius 3 is 2.23 bits per heavy atom. The molecule has 3 unspecified atom stereocenters. The third-order valence-corrected chi connectivity index (χ3v) is 9.11. The molecule has 3 aliphatic rings. The fraction of sp³-hybridized carbons (Fsp3) is 0.750. The fourth-order valence-electron chi connectivity index (χ4n) is 6.24. The Labute approximate surface area is 236 Å². The summed E-state index contributed by atoms with van der Waals surface area (Å²) < 4.78 is 4.44. The van der Waals surface area contributed by atoms with E-state index in [-0.39, 0.29) is 0 Å². The van der Waals surface area contributed by atoms with Crippen LogP contribution in [-0.4, -0.2) is 7.11 Å². The molecule has 4 atom stereocenters. The number of fused-ring (bicyclic) bond motifs is 1. The average Bonchev–Trinajstić information content (AvgIpc) is 3.23. The van der Waals surface area contributed by atoms with Gasteiger partial charge in [-0.2, -0.15) is 0 Å². The average molecular weight is 617 g/mol. The number of hydrogen-bond acceptors (Lipinski definition) is 2. The predicted molar refractivity (Wildman–Crippen MR) is 171 cm³/mol. The van der Waals surface area contributed by atoms with Gasteiger partial charge in [0, 0.05) is 21.2 Å². The van der Waals surface area contributed by atoms with Crippen molar-refractivity contribution in [1.82, 2.24) is 0 Å². The first-order valence-corrected chi connectivity index (χ1v) is 17.7. The zero-order valence-electron chi connectivity index (χ0n) is 24.6. The fourth-order valence-corrected chi connectivity index (χ4v) is 6.24. The molecule has 0 radical (unpaired) electrons. The van der Waals surface area contributed by atoms with Crippen molar-refractivity contribution in [2.24, 2.45) is 29.1 Å². The van der Waals surface area contributed by atoms with Gasteiger partial charge >= 0.3 is 0 Å². The normalized spacial score (nSPS) is 29.1. The summed E-state index contributed by atoms with van der Waals surface area (Å²) >= 11 is 2.05. The molecule has 0 aromatic carbocycles. The van der Waals surface area contributed by atoms with E-state index in [9.17, 15) is 0 Å². The standard InChI is InChI=1S/C27H42.2C2H6.CH3IOS/c1-20(2)10-8-12-22(4)25-17-18-26-24(14-9-19-27(25,26)5)16-15-23-13-7-6-11-21(23)3;2*1-2;1-3-4-2/h8,12,15-16,20,22,25-26H,3,6-7,9-11,13-14,17-19H2,1-2,4-5H3;2*1-2H3;1H3/b12-8+,23-15-,24-16+;;;/t22?,25?,26?,27-;;;/m1.../s1. The van der Waals surface area contributed by atoms with E-state index in [0.717, 1.165) is 23.7 Å². The van der Waals surface area contributed by atoms with Gasteiger partial charge in [0.05, 0.1) is 16.3 Å². The van der Waals surface area contributed by atoms with E-state index in [2.05, 4.69) is 62.8 Å². The minimum Gasteiger partial charge on any atom is -0.309 e. The Hall–Kier alpha value is -0.000000000000000111. The van der Waals surface area contributed by atoms with Crippen LogP contribution in [0.5, 0.6) is 0 Å². The van der Waals surface area contributed by atoms with Gasteiger partial charge in [-0.25, -0.2) is 0 Å².